The van der Waals surface area contributed by atoms with Gasteiger partial charge < -0.3 is 4.52 Å². The minimum Gasteiger partial charge on any atom is -0.338 e. The van der Waals surface area contributed by atoms with Crippen LogP contribution in [0.1, 0.15) is 35.0 Å². The Morgan fingerprint density at radius 2 is 2.15 bits per heavy atom. The van der Waals surface area contributed by atoms with Crippen molar-refractivity contribution in [3.63, 3.8) is 0 Å². The maximum Gasteiger partial charge on any atom is 0.258 e. The number of hydrogen-bond acceptors (Lipinski definition) is 3. The Kier molecular flexibility index (Phi) is 3.26. The van der Waals surface area contributed by atoms with Crippen molar-refractivity contribution >= 4 is 11.8 Å². The highest BCUT2D eigenvalue weighted by Crippen LogP contribution is 2.30. The highest BCUT2D eigenvalue weighted by molar-refractivity contribution is 6.03. The van der Waals surface area contributed by atoms with Crippen molar-refractivity contribution in [3.05, 3.63) is 46.9 Å². The fourth-order valence-corrected chi connectivity index (χ4v) is 2.46. The van der Waals surface area contributed by atoms with Gasteiger partial charge in [-0.05, 0) is 49.4 Å². The van der Waals surface area contributed by atoms with Gasteiger partial charge in [-0.1, -0.05) is 12.1 Å². The molecule has 0 saturated carbocycles. The SMILES string of the molecule is C[C@H]1CCc2noc(NC(=O)c3ccc(F)cc3)c2C1. The number of nitrogens with one attached hydrogen (secondary N) is 1. The summed E-state index contributed by atoms with van der Waals surface area (Å²) in [5, 5.41) is 6.72. The minimum atomic E-state index is -0.368. The summed E-state index contributed by atoms with van der Waals surface area (Å²) in [5.41, 5.74) is 2.30. The Balaban J connectivity index is 1.80. The lowest BCUT2D eigenvalue weighted by Crippen LogP contribution is -2.15. The van der Waals surface area contributed by atoms with Crippen LogP contribution in [0.4, 0.5) is 10.3 Å². The lowest BCUT2D eigenvalue weighted by Gasteiger charge is -2.16. The summed E-state index contributed by atoms with van der Waals surface area (Å²) in [4.78, 5) is 12.1. The Morgan fingerprint density at radius 1 is 1.40 bits per heavy atom. The molecule has 1 heterocycles. The molecule has 1 aliphatic carbocycles. The quantitative estimate of drug-likeness (QED) is 0.915. The van der Waals surface area contributed by atoms with Crippen LogP contribution in [0.25, 0.3) is 0 Å². The zero-order valence-corrected chi connectivity index (χ0v) is 11.1. The van der Waals surface area contributed by atoms with E-state index in [1.54, 1.807) is 0 Å². The number of halogens is 1. The molecule has 2 aromatic rings. The molecule has 1 amide bonds. The molecule has 104 valence electrons. The predicted octanol–water partition coefficient (Wildman–Crippen LogP) is 3.19. The molecule has 0 bridgehead atoms. The molecule has 3 rings (SSSR count). The van der Waals surface area contributed by atoms with E-state index in [-0.39, 0.29) is 11.7 Å². The molecule has 1 aliphatic rings. The van der Waals surface area contributed by atoms with Crippen molar-refractivity contribution in [3.8, 4) is 0 Å². The van der Waals surface area contributed by atoms with Crippen LogP contribution in [0, 0.1) is 11.7 Å². The van der Waals surface area contributed by atoms with Crippen molar-refractivity contribution in [2.24, 2.45) is 5.92 Å². The molecule has 20 heavy (non-hydrogen) atoms. The second-order valence-corrected chi connectivity index (χ2v) is 5.25. The first-order valence-corrected chi connectivity index (χ1v) is 6.68. The third-order valence-corrected chi connectivity index (χ3v) is 3.63. The molecule has 0 spiro atoms. The molecule has 1 aromatic heterocycles. The Hall–Kier alpha value is -2.17. The van der Waals surface area contributed by atoms with Gasteiger partial charge in [-0.3, -0.25) is 10.1 Å². The molecule has 1 aromatic carbocycles. The van der Waals surface area contributed by atoms with Gasteiger partial charge in [0.05, 0.1) is 5.69 Å². The summed E-state index contributed by atoms with van der Waals surface area (Å²) in [5.74, 6) is 0.291. The summed E-state index contributed by atoms with van der Waals surface area (Å²) in [7, 11) is 0. The molecule has 5 heteroatoms. The summed E-state index contributed by atoms with van der Waals surface area (Å²) in [6, 6.07) is 5.39. The summed E-state index contributed by atoms with van der Waals surface area (Å²) >= 11 is 0. The molecule has 1 N–H and O–H groups in total. The van der Waals surface area contributed by atoms with E-state index in [2.05, 4.69) is 17.4 Å². The fraction of sp³-hybridized carbons (Fsp3) is 0.333. The first kappa shape index (κ1) is 12.8. The van der Waals surface area contributed by atoms with Crippen LogP contribution in [-0.4, -0.2) is 11.1 Å². The van der Waals surface area contributed by atoms with E-state index < -0.39 is 0 Å². The predicted molar refractivity (Wildman–Crippen MR) is 72.0 cm³/mol. The first-order chi connectivity index (χ1) is 9.63. The van der Waals surface area contributed by atoms with Crippen LogP contribution in [0.3, 0.4) is 0 Å². The number of nitrogens with zero attached hydrogens (tertiary/aromatic N) is 1. The van der Waals surface area contributed by atoms with E-state index in [1.807, 2.05) is 0 Å². The third-order valence-electron chi connectivity index (χ3n) is 3.63. The van der Waals surface area contributed by atoms with Crippen molar-refractivity contribution in [2.75, 3.05) is 5.32 Å². The van der Waals surface area contributed by atoms with Gasteiger partial charge in [0.25, 0.3) is 5.91 Å². The maximum absolute atomic E-state index is 12.8. The number of anilines is 1. The van der Waals surface area contributed by atoms with E-state index in [9.17, 15) is 9.18 Å². The monoisotopic (exact) mass is 274 g/mol. The van der Waals surface area contributed by atoms with Gasteiger partial charge in [-0.25, -0.2) is 4.39 Å². The standard InChI is InChI=1S/C15H15FN2O2/c1-9-2-7-13-12(8-9)15(20-18-13)17-14(19)10-3-5-11(16)6-4-10/h3-6,9H,2,7-8H2,1H3,(H,17,19)/t9-/m0/s1. The molecule has 0 aliphatic heterocycles. The van der Waals surface area contributed by atoms with Crippen molar-refractivity contribution in [1.82, 2.24) is 5.16 Å². The number of aryl methyl sites for hydroxylation is 1. The van der Waals surface area contributed by atoms with E-state index in [1.165, 1.54) is 24.3 Å². The zero-order valence-electron chi connectivity index (χ0n) is 11.1. The largest absolute Gasteiger partial charge is 0.338 e. The second-order valence-electron chi connectivity index (χ2n) is 5.25. The highest BCUT2D eigenvalue weighted by Gasteiger charge is 2.24. The molecular formula is C15H15FN2O2. The number of carbonyl (C=O) groups is 1. The number of aromatic nitrogens is 1. The number of amides is 1. The number of fused-ring (bicyclic) bond motifs is 1. The Morgan fingerprint density at radius 3 is 2.90 bits per heavy atom. The molecule has 0 radical (unpaired) electrons. The van der Waals surface area contributed by atoms with Crippen LogP contribution in [0.2, 0.25) is 0 Å². The lowest BCUT2D eigenvalue weighted by atomic mass is 9.89. The van der Waals surface area contributed by atoms with E-state index in [0.717, 1.165) is 30.5 Å². The number of carbonyl (C=O) groups excluding carboxylic acids is 1. The number of hydrogen-bond donors (Lipinski definition) is 1. The summed E-state index contributed by atoms with van der Waals surface area (Å²) in [6.45, 7) is 2.17. The van der Waals surface area contributed by atoms with E-state index >= 15 is 0 Å². The highest BCUT2D eigenvalue weighted by atomic mass is 19.1. The van der Waals surface area contributed by atoms with Gasteiger partial charge in [0.1, 0.15) is 5.82 Å². The van der Waals surface area contributed by atoms with Crippen LogP contribution >= 0.6 is 0 Å². The molecular weight excluding hydrogens is 259 g/mol. The van der Waals surface area contributed by atoms with E-state index in [0.29, 0.717) is 17.4 Å². The van der Waals surface area contributed by atoms with Crippen LogP contribution in [0.5, 0.6) is 0 Å². The lowest BCUT2D eigenvalue weighted by molar-refractivity contribution is 0.102. The van der Waals surface area contributed by atoms with Gasteiger partial charge >= 0.3 is 0 Å². The van der Waals surface area contributed by atoms with Crippen LogP contribution in [0.15, 0.2) is 28.8 Å². The minimum absolute atomic E-state index is 0.317. The van der Waals surface area contributed by atoms with Gasteiger partial charge in [-0.15, -0.1) is 0 Å². The topological polar surface area (TPSA) is 55.1 Å². The molecule has 0 fully saturated rings. The van der Waals surface area contributed by atoms with Gasteiger partial charge in [0, 0.05) is 11.1 Å². The van der Waals surface area contributed by atoms with Gasteiger partial charge in [-0.2, -0.15) is 0 Å². The van der Waals surface area contributed by atoms with Gasteiger partial charge in [0.15, 0.2) is 0 Å². The number of rotatable bonds is 2. The first-order valence-electron chi connectivity index (χ1n) is 6.68. The molecule has 4 nitrogen and oxygen atoms in total. The van der Waals surface area contributed by atoms with Crippen molar-refractivity contribution < 1.29 is 13.7 Å². The van der Waals surface area contributed by atoms with Gasteiger partial charge in [0.2, 0.25) is 5.88 Å². The van der Waals surface area contributed by atoms with Crippen molar-refractivity contribution in [1.29, 1.82) is 0 Å². The maximum atomic E-state index is 12.8. The van der Waals surface area contributed by atoms with Crippen LogP contribution in [-0.2, 0) is 12.8 Å². The Bertz CT molecular complexity index is 634. The second kappa shape index (κ2) is 5.07. The smallest absolute Gasteiger partial charge is 0.258 e. The molecule has 0 unspecified atom stereocenters. The van der Waals surface area contributed by atoms with Crippen LogP contribution < -0.4 is 5.32 Å². The fourth-order valence-electron chi connectivity index (χ4n) is 2.46. The number of benzene rings is 1. The molecule has 1 atom stereocenters. The average molecular weight is 274 g/mol. The van der Waals surface area contributed by atoms with Crippen molar-refractivity contribution in [2.45, 2.75) is 26.2 Å². The average Bonchev–Trinajstić information content (AvgIpc) is 2.82. The zero-order chi connectivity index (χ0) is 14.1. The Labute approximate surface area is 116 Å². The normalized spacial score (nSPS) is 17.6. The van der Waals surface area contributed by atoms with E-state index in [4.69, 9.17) is 4.52 Å². The summed E-state index contributed by atoms with van der Waals surface area (Å²) in [6.07, 6.45) is 2.83. The third kappa shape index (κ3) is 2.43. The summed E-state index contributed by atoms with van der Waals surface area (Å²) < 4.78 is 18.1. The molecule has 0 saturated heterocycles.